The zero-order valence-corrected chi connectivity index (χ0v) is 28.0. The molecule has 1 aliphatic heterocycles. The number of unbranched alkanes of at least 4 members (excludes halogenated alkanes) is 6. The molecule has 10 heteroatoms. The number of amides is 2. The van der Waals surface area contributed by atoms with E-state index in [0.29, 0.717) is 37.1 Å². The molecule has 2 amide bonds. The molecule has 244 valence electrons. The van der Waals surface area contributed by atoms with Crippen molar-refractivity contribution in [1.82, 2.24) is 21.3 Å². The number of hydrogen-bond acceptors (Lipinski definition) is 5. The molecule has 1 heterocycles. The number of carbonyl (C=O) groups is 2. The van der Waals surface area contributed by atoms with Gasteiger partial charge >= 0.3 is 7.12 Å². The molecule has 0 spiro atoms. The third kappa shape index (κ3) is 9.46. The van der Waals surface area contributed by atoms with Gasteiger partial charge in [-0.3, -0.25) is 15.0 Å². The maximum absolute atomic E-state index is 13.7. The molecule has 0 unspecified atom stereocenters. The van der Waals surface area contributed by atoms with Crippen molar-refractivity contribution in [3.63, 3.8) is 0 Å². The van der Waals surface area contributed by atoms with Crippen molar-refractivity contribution in [1.29, 1.82) is 5.41 Å². The Hall–Kier alpha value is -2.07. The van der Waals surface area contributed by atoms with E-state index >= 15 is 0 Å². The highest BCUT2D eigenvalue weighted by atomic mass is 16.7. The monoisotopic (exact) mass is 601 g/mol. The first-order valence-electron chi connectivity index (χ1n) is 17.0. The van der Waals surface area contributed by atoms with Gasteiger partial charge in [0, 0.05) is 13.6 Å². The van der Waals surface area contributed by atoms with E-state index < -0.39 is 13.2 Å². The molecule has 43 heavy (non-hydrogen) atoms. The van der Waals surface area contributed by atoms with Gasteiger partial charge in [0.15, 0.2) is 5.96 Å². The normalized spacial score (nSPS) is 26.9. The fraction of sp³-hybridized carbons (Fsp3) is 0.848. The third-order valence-electron chi connectivity index (χ3n) is 10.2. The molecule has 4 aliphatic rings. The van der Waals surface area contributed by atoms with Crippen molar-refractivity contribution < 1.29 is 18.9 Å². The van der Waals surface area contributed by atoms with Crippen molar-refractivity contribution in [2.24, 2.45) is 23.2 Å². The average Bonchev–Trinajstić information content (AvgIpc) is 3.32. The topological polar surface area (TPSA) is 125 Å². The Balaban J connectivity index is 1.61. The summed E-state index contributed by atoms with van der Waals surface area (Å²) in [4.78, 5) is 26.6. The Bertz CT molecular complexity index is 960. The Morgan fingerprint density at radius 3 is 2.44 bits per heavy atom. The van der Waals surface area contributed by atoms with Gasteiger partial charge in [0.05, 0.1) is 17.6 Å². The molecule has 5 N–H and O–H groups in total. The van der Waals surface area contributed by atoms with E-state index in [1.54, 1.807) is 13.1 Å². The van der Waals surface area contributed by atoms with E-state index in [-0.39, 0.29) is 40.8 Å². The number of hydrogen-bond donors (Lipinski definition) is 5. The van der Waals surface area contributed by atoms with Crippen LogP contribution in [0.25, 0.3) is 0 Å². The summed E-state index contributed by atoms with van der Waals surface area (Å²) < 4.78 is 13.3. The summed E-state index contributed by atoms with van der Waals surface area (Å²) in [5.74, 6) is 0.874. The van der Waals surface area contributed by atoms with Crippen LogP contribution in [0.3, 0.4) is 0 Å². The van der Waals surface area contributed by atoms with Crippen molar-refractivity contribution in [2.45, 2.75) is 142 Å². The highest BCUT2D eigenvalue weighted by Gasteiger charge is 2.68. The quantitative estimate of drug-likeness (QED) is 0.0490. The zero-order valence-electron chi connectivity index (χ0n) is 28.0. The summed E-state index contributed by atoms with van der Waals surface area (Å²) in [5, 5.41) is 19.7. The van der Waals surface area contributed by atoms with Crippen LogP contribution in [-0.4, -0.2) is 62.2 Å². The van der Waals surface area contributed by atoms with Crippen molar-refractivity contribution >= 4 is 24.9 Å². The fourth-order valence-electron chi connectivity index (χ4n) is 7.43. The molecule has 4 rings (SSSR count). The van der Waals surface area contributed by atoms with Crippen molar-refractivity contribution in [3.05, 3.63) is 12.2 Å². The molecule has 0 aromatic carbocycles. The number of guanidine groups is 1. The SMILES string of the molecule is CCCCCCCC/C=C/C(=O)N[C@@H](CCCNC(=N)NC)C(=O)N[C@@H](CC(C)C)B1O[C@@H]2C[C@@H]3C[C@@H](C3(C)C)[C@]2(C)O1. The van der Waals surface area contributed by atoms with Crippen LogP contribution in [0.1, 0.15) is 119 Å². The van der Waals surface area contributed by atoms with E-state index in [1.165, 1.54) is 38.5 Å². The second kappa shape index (κ2) is 16.3. The maximum Gasteiger partial charge on any atom is 0.481 e. The van der Waals surface area contributed by atoms with Gasteiger partial charge in [-0.25, -0.2) is 0 Å². The largest absolute Gasteiger partial charge is 0.481 e. The smallest absolute Gasteiger partial charge is 0.404 e. The van der Waals surface area contributed by atoms with Crippen molar-refractivity contribution in [2.75, 3.05) is 13.6 Å². The lowest BCUT2D eigenvalue weighted by molar-refractivity contribution is -0.199. The first-order valence-corrected chi connectivity index (χ1v) is 17.0. The molecule has 3 saturated carbocycles. The minimum absolute atomic E-state index is 0.0432. The maximum atomic E-state index is 13.7. The molecule has 2 bridgehead atoms. The van der Waals surface area contributed by atoms with Gasteiger partial charge in [0.25, 0.3) is 0 Å². The highest BCUT2D eigenvalue weighted by molar-refractivity contribution is 6.48. The number of nitrogens with one attached hydrogen (secondary N) is 5. The van der Waals surface area contributed by atoms with Crippen LogP contribution in [-0.2, 0) is 18.9 Å². The van der Waals surface area contributed by atoms with E-state index in [0.717, 1.165) is 25.7 Å². The van der Waals surface area contributed by atoms with Gasteiger partial charge in [-0.15, -0.1) is 0 Å². The molecule has 6 atom stereocenters. The van der Waals surface area contributed by atoms with Crippen molar-refractivity contribution in [3.8, 4) is 0 Å². The standard InChI is InChI=1S/C33H60BN5O4/c1-8-9-10-11-12-13-14-15-18-29(40)38-25(17-16-19-37-31(35)36-7)30(41)39-28(20-23(2)3)34-42-27-22-24-21-26(32(24,4)5)33(27,6)43-34/h15,18,23-28H,8-14,16-17,19-22H2,1-7H3,(H,38,40)(H,39,41)(H3,35,36,37)/b18-15+/t24-,25-,26-,27+,28-,33-/m0/s1. The second-order valence-corrected chi connectivity index (χ2v) is 14.3. The third-order valence-corrected chi connectivity index (χ3v) is 10.2. The minimum Gasteiger partial charge on any atom is -0.404 e. The zero-order chi connectivity index (χ0) is 31.6. The molecule has 3 aliphatic carbocycles. The Labute approximate surface area is 261 Å². The predicted molar refractivity (Wildman–Crippen MR) is 175 cm³/mol. The van der Waals surface area contributed by atoms with Gasteiger partial charge in [0.1, 0.15) is 6.04 Å². The minimum atomic E-state index is -0.697. The fourth-order valence-corrected chi connectivity index (χ4v) is 7.43. The highest BCUT2D eigenvalue weighted by Crippen LogP contribution is 2.65. The average molecular weight is 602 g/mol. The van der Waals surface area contributed by atoms with Crippen LogP contribution < -0.4 is 21.3 Å². The first kappa shape index (κ1) is 35.4. The first-order chi connectivity index (χ1) is 20.4. The number of rotatable bonds is 18. The van der Waals surface area contributed by atoms with Gasteiger partial charge in [0.2, 0.25) is 11.8 Å². The molecule has 0 radical (unpaired) electrons. The predicted octanol–water partition coefficient (Wildman–Crippen LogP) is 5.10. The van der Waals surface area contributed by atoms with E-state index in [9.17, 15) is 9.59 Å². The van der Waals surface area contributed by atoms with Gasteiger partial charge in [-0.1, -0.05) is 72.8 Å². The molecular weight excluding hydrogens is 541 g/mol. The number of allylic oxidation sites excluding steroid dienone is 1. The Kier molecular flexibility index (Phi) is 13.4. The Morgan fingerprint density at radius 1 is 1.05 bits per heavy atom. The van der Waals surface area contributed by atoms with Crippen LogP contribution >= 0.6 is 0 Å². The van der Waals surface area contributed by atoms with E-state index in [4.69, 9.17) is 14.7 Å². The second-order valence-electron chi connectivity index (χ2n) is 14.3. The molecule has 1 saturated heterocycles. The van der Waals surface area contributed by atoms with Crippen LogP contribution in [0.5, 0.6) is 0 Å². The summed E-state index contributed by atoms with van der Waals surface area (Å²) in [6, 6.07) is -0.697. The van der Waals surface area contributed by atoms with E-state index in [1.807, 2.05) is 6.08 Å². The molecule has 0 aromatic heterocycles. The van der Waals surface area contributed by atoms with Gasteiger partial charge < -0.3 is 30.6 Å². The summed E-state index contributed by atoms with van der Waals surface area (Å²) in [7, 11) is 1.18. The van der Waals surface area contributed by atoms with Gasteiger partial charge in [-0.2, -0.15) is 0 Å². The van der Waals surface area contributed by atoms with E-state index in [2.05, 4.69) is 62.8 Å². The lowest BCUT2D eigenvalue weighted by Gasteiger charge is -2.64. The van der Waals surface area contributed by atoms with Crippen LogP contribution in [0.2, 0.25) is 0 Å². The van der Waals surface area contributed by atoms with Crippen LogP contribution in [0.4, 0.5) is 0 Å². The molecular formula is C33H60BN5O4. The molecule has 4 fully saturated rings. The lowest BCUT2D eigenvalue weighted by Crippen LogP contribution is -2.65. The summed E-state index contributed by atoms with van der Waals surface area (Å²) >= 11 is 0. The molecule has 0 aromatic rings. The summed E-state index contributed by atoms with van der Waals surface area (Å²) in [6.45, 7) is 13.9. The van der Waals surface area contributed by atoms with Crippen LogP contribution in [0, 0.1) is 28.6 Å². The lowest BCUT2D eigenvalue weighted by atomic mass is 9.43. The summed E-state index contributed by atoms with van der Waals surface area (Å²) in [5.41, 5.74) is -0.101. The van der Waals surface area contributed by atoms with Crippen LogP contribution in [0.15, 0.2) is 12.2 Å². The van der Waals surface area contributed by atoms with Gasteiger partial charge in [-0.05, 0) is 81.1 Å². The summed E-state index contributed by atoms with van der Waals surface area (Å²) in [6.07, 6.45) is 15.6. The number of carbonyl (C=O) groups excluding carboxylic acids is 2. The Morgan fingerprint density at radius 2 is 1.77 bits per heavy atom. The molecule has 9 nitrogen and oxygen atoms in total.